The average molecular weight is 352 g/mol. The van der Waals surface area contributed by atoms with E-state index in [0.29, 0.717) is 5.92 Å². The number of halogens is 2. The van der Waals surface area contributed by atoms with E-state index >= 15 is 0 Å². The Bertz CT molecular complexity index is 323. The monoisotopic (exact) mass is 351 g/mol. The van der Waals surface area contributed by atoms with Gasteiger partial charge in [0.15, 0.2) is 0 Å². The van der Waals surface area contributed by atoms with Gasteiger partial charge in [-0.05, 0) is 59.0 Å². The molecule has 0 amide bonds. The van der Waals surface area contributed by atoms with Crippen molar-refractivity contribution in [3.63, 3.8) is 0 Å². The van der Waals surface area contributed by atoms with Gasteiger partial charge in [-0.1, -0.05) is 31.4 Å². The summed E-state index contributed by atoms with van der Waals surface area (Å²) in [6.07, 6.45) is 6.75. The molecule has 1 aliphatic rings. The van der Waals surface area contributed by atoms with Gasteiger partial charge in [-0.3, -0.25) is 0 Å². The Labute approximate surface area is 118 Å². The molecule has 0 saturated heterocycles. The molecular formula is C13H19ClIN. The maximum absolute atomic E-state index is 6.34. The lowest BCUT2D eigenvalue weighted by molar-refractivity contribution is 0.308. The Kier molecular flexibility index (Phi) is 6.08. The van der Waals surface area contributed by atoms with Crippen LogP contribution in [-0.2, 0) is 0 Å². The van der Waals surface area contributed by atoms with Crippen molar-refractivity contribution in [3.8, 4) is 0 Å². The van der Waals surface area contributed by atoms with Crippen LogP contribution < -0.4 is 5.73 Å². The molecule has 1 saturated carbocycles. The molecule has 16 heavy (non-hydrogen) atoms. The Balaban J connectivity index is 0.00000128. The molecule has 1 fully saturated rings. The molecule has 0 radical (unpaired) electrons. The van der Waals surface area contributed by atoms with Crippen LogP contribution in [0.1, 0.15) is 43.7 Å². The normalized spacial score (nSPS) is 18.9. The largest absolute Gasteiger partial charge is 0.324 e. The van der Waals surface area contributed by atoms with Crippen molar-refractivity contribution in [2.75, 3.05) is 0 Å². The quantitative estimate of drug-likeness (QED) is 0.790. The first-order valence-corrected chi connectivity index (χ1v) is 6.86. The molecule has 1 nitrogen and oxygen atoms in total. The number of hydrogen-bond donors (Lipinski definition) is 1. The highest BCUT2D eigenvalue weighted by Crippen LogP contribution is 2.33. The van der Waals surface area contributed by atoms with Gasteiger partial charge in [0.05, 0.1) is 0 Å². The standard InChI is InChI=1S/C13H18IN.ClH/c14-12-8-4-7-11(9-12)13(15)10-5-2-1-3-6-10;/h4,7-10,13H,1-3,5-6,15H2;1H/t13-;/m0./s1. The summed E-state index contributed by atoms with van der Waals surface area (Å²) in [5.74, 6) is 0.706. The number of nitrogens with two attached hydrogens (primary N) is 1. The maximum atomic E-state index is 6.34. The fourth-order valence-corrected chi connectivity index (χ4v) is 3.05. The second kappa shape index (κ2) is 6.82. The van der Waals surface area contributed by atoms with Crippen LogP contribution in [0.4, 0.5) is 0 Å². The van der Waals surface area contributed by atoms with E-state index in [0.717, 1.165) is 0 Å². The third kappa shape index (κ3) is 3.60. The molecule has 0 unspecified atom stereocenters. The summed E-state index contributed by atoms with van der Waals surface area (Å²) in [5, 5.41) is 0. The van der Waals surface area contributed by atoms with Crippen molar-refractivity contribution in [3.05, 3.63) is 33.4 Å². The minimum absolute atomic E-state index is 0. The van der Waals surface area contributed by atoms with Crippen molar-refractivity contribution in [2.45, 2.75) is 38.1 Å². The maximum Gasteiger partial charge on any atom is 0.0323 e. The Morgan fingerprint density at radius 2 is 1.88 bits per heavy atom. The summed E-state index contributed by atoms with van der Waals surface area (Å²) >= 11 is 2.35. The van der Waals surface area contributed by atoms with E-state index in [2.05, 4.69) is 46.9 Å². The molecular weight excluding hydrogens is 333 g/mol. The fraction of sp³-hybridized carbons (Fsp3) is 0.538. The van der Waals surface area contributed by atoms with Gasteiger partial charge in [0.2, 0.25) is 0 Å². The summed E-state index contributed by atoms with van der Waals surface area (Å²) in [6, 6.07) is 8.87. The van der Waals surface area contributed by atoms with Crippen LogP contribution in [0, 0.1) is 9.49 Å². The predicted octanol–water partition coefficient (Wildman–Crippen LogP) is 4.29. The topological polar surface area (TPSA) is 26.0 Å². The van der Waals surface area contributed by atoms with Crippen LogP contribution in [0.25, 0.3) is 0 Å². The molecule has 1 atom stereocenters. The molecule has 2 rings (SSSR count). The third-order valence-corrected chi connectivity index (χ3v) is 4.06. The lowest BCUT2D eigenvalue weighted by Gasteiger charge is -2.27. The van der Waals surface area contributed by atoms with E-state index in [9.17, 15) is 0 Å². The van der Waals surface area contributed by atoms with E-state index in [1.807, 2.05) is 0 Å². The molecule has 0 bridgehead atoms. The van der Waals surface area contributed by atoms with Crippen molar-refractivity contribution in [1.82, 2.24) is 0 Å². The smallest absolute Gasteiger partial charge is 0.0323 e. The molecule has 0 aromatic heterocycles. The minimum Gasteiger partial charge on any atom is -0.324 e. The zero-order valence-electron chi connectivity index (χ0n) is 9.36. The lowest BCUT2D eigenvalue weighted by atomic mass is 9.82. The van der Waals surface area contributed by atoms with Gasteiger partial charge >= 0.3 is 0 Å². The zero-order chi connectivity index (χ0) is 10.7. The first kappa shape index (κ1) is 14.3. The van der Waals surface area contributed by atoms with Crippen molar-refractivity contribution in [2.24, 2.45) is 11.7 Å². The van der Waals surface area contributed by atoms with Crippen LogP contribution in [-0.4, -0.2) is 0 Å². The Hall–Kier alpha value is 0.200. The highest BCUT2D eigenvalue weighted by atomic mass is 127. The molecule has 2 N–H and O–H groups in total. The van der Waals surface area contributed by atoms with Gasteiger partial charge < -0.3 is 5.73 Å². The Morgan fingerprint density at radius 3 is 2.50 bits per heavy atom. The molecule has 1 aliphatic carbocycles. The third-order valence-electron chi connectivity index (χ3n) is 3.39. The molecule has 0 spiro atoms. The van der Waals surface area contributed by atoms with Gasteiger partial charge in [-0.15, -0.1) is 12.4 Å². The molecule has 1 aromatic carbocycles. The van der Waals surface area contributed by atoms with E-state index in [1.54, 1.807) is 0 Å². The molecule has 90 valence electrons. The summed E-state index contributed by atoms with van der Waals surface area (Å²) < 4.78 is 1.29. The van der Waals surface area contributed by atoms with Gasteiger partial charge in [-0.2, -0.15) is 0 Å². The number of benzene rings is 1. The number of hydrogen-bond acceptors (Lipinski definition) is 1. The highest BCUT2D eigenvalue weighted by Gasteiger charge is 2.21. The SMILES string of the molecule is Cl.N[C@H](c1cccc(I)c1)C1CCCCC1. The van der Waals surface area contributed by atoms with Crippen LogP contribution >= 0.6 is 35.0 Å². The summed E-state index contributed by atoms with van der Waals surface area (Å²) in [4.78, 5) is 0. The highest BCUT2D eigenvalue weighted by molar-refractivity contribution is 14.1. The summed E-state index contributed by atoms with van der Waals surface area (Å²) in [5.41, 5.74) is 7.65. The minimum atomic E-state index is 0. The van der Waals surface area contributed by atoms with Gasteiger partial charge in [-0.25, -0.2) is 0 Å². The average Bonchev–Trinajstić information content (AvgIpc) is 2.29. The molecule has 1 aromatic rings. The van der Waals surface area contributed by atoms with Crippen molar-refractivity contribution in [1.29, 1.82) is 0 Å². The Morgan fingerprint density at radius 1 is 1.19 bits per heavy atom. The van der Waals surface area contributed by atoms with E-state index < -0.39 is 0 Å². The van der Waals surface area contributed by atoms with Crippen LogP contribution in [0.15, 0.2) is 24.3 Å². The number of rotatable bonds is 2. The molecule has 0 aliphatic heterocycles. The first-order valence-electron chi connectivity index (χ1n) is 5.78. The first-order chi connectivity index (χ1) is 7.27. The van der Waals surface area contributed by atoms with Crippen LogP contribution in [0.3, 0.4) is 0 Å². The van der Waals surface area contributed by atoms with Gasteiger partial charge in [0.1, 0.15) is 0 Å². The second-order valence-corrected chi connectivity index (χ2v) is 5.72. The molecule has 3 heteroatoms. The van der Waals surface area contributed by atoms with Gasteiger partial charge in [0.25, 0.3) is 0 Å². The molecule has 0 heterocycles. The zero-order valence-corrected chi connectivity index (χ0v) is 12.3. The van der Waals surface area contributed by atoms with Crippen LogP contribution in [0.5, 0.6) is 0 Å². The van der Waals surface area contributed by atoms with Crippen molar-refractivity contribution >= 4 is 35.0 Å². The van der Waals surface area contributed by atoms with Crippen LogP contribution in [0.2, 0.25) is 0 Å². The van der Waals surface area contributed by atoms with E-state index in [1.165, 1.54) is 41.2 Å². The van der Waals surface area contributed by atoms with Gasteiger partial charge in [0, 0.05) is 9.61 Å². The predicted molar refractivity (Wildman–Crippen MR) is 79.9 cm³/mol. The van der Waals surface area contributed by atoms with E-state index in [-0.39, 0.29) is 18.4 Å². The van der Waals surface area contributed by atoms with E-state index in [4.69, 9.17) is 5.73 Å². The van der Waals surface area contributed by atoms with Crippen molar-refractivity contribution < 1.29 is 0 Å². The summed E-state index contributed by atoms with van der Waals surface area (Å²) in [6.45, 7) is 0. The fourth-order valence-electron chi connectivity index (χ4n) is 2.48. The summed E-state index contributed by atoms with van der Waals surface area (Å²) in [7, 11) is 0. The second-order valence-electron chi connectivity index (χ2n) is 4.48. The lowest BCUT2D eigenvalue weighted by Crippen LogP contribution is -2.23.